The van der Waals surface area contributed by atoms with Crippen molar-refractivity contribution in [3.05, 3.63) is 40.5 Å². The Morgan fingerprint density at radius 2 is 1.82 bits per heavy atom. The Labute approximate surface area is 138 Å². The van der Waals surface area contributed by atoms with Gasteiger partial charge in [0, 0.05) is 16.7 Å². The van der Waals surface area contributed by atoms with Crippen molar-refractivity contribution in [3.63, 3.8) is 0 Å². The Bertz CT molecular complexity index is 688. The van der Waals surface area contributed by atoms with Gasteiger partial charge in [-0.2, -0.15) is 0 Å². The van der Waals surface area contributed by atoms with Gasteiger partial charge in [0.1, 0.15) is 16.5 Å². The van der Waals surface area contributed by atoms with E-state index in [0.29, 0.717) is 16.7 Å². The highest BCUT2D eigenvalue weighted by Crippen LogP contribution is 2.23. The molecule has 5 nitrogen and oxygen atoms in total. The lowest BCUT2D eigenvalue weighted by Crippen LogP contribution is -2.41. The van der Waals surface area contributed by atoms with Crippen LogP contribution in [0.4, 0.5) is 5.82 Å². The first kappa shape index (κ1) is 16.5. The quantitative estimate of drug-likeness (QED) is 0.677. The molecule has 0 atom stereocenters. The summed E-state index contributed by atoms with van der Waals surface area (Å²) in [7, 11) is 1.33. The van der Waals surface area contributed by atoms with Crippen LogP contribution in [-0.4, -0.2) is 28.6 Å². The van der Waals surface area contributed by atoms with E-state index in [1.165, 1.54) is 7.11 Å². The van der Waals surface area contributed by atoms with Gasteiger partial charge < -0.3 is 10.1 Å². The molecular weight excluding hydrogens is 325 g/mol. The van der Waals surface area contributed by atoms with Crippen LogP contribution in [0, 0.1) is 0 Å². The van der Waals surface area contributed by atoms with Gasteiger partial charge in [-0.3, -0.25) is 0 Å². The Balaban J connectivity index is 2.35. The van der Waals surface area contributed by atoms with Gasteiger partial charge in [-0.15, -0.1) is 0 Å². The summed E-state index contributed by atoms with van der Waals surface area (Å²) in [5.74, 6) is 0.461. The summed E-state index contributed by atoms with van der Waals surface area (Å²) in [6.45, 7) is 3.38. The van der Waals surface area contributed by atoms with Gasteiger partial charge in [-0.25, -0.2) is 14.8 Å². The minimum atomic E-state index is -0.941. The standard InChI is InChI=1S/C15H15Cl2N3O2/c1-15(2,14(21)22-3)20-12-8-11(17)18-13(19-12)9-4-6-10(16)7-5-9/h4-8H,1-3H3,(H,18,19,20). The van der Waals surface area contributed by atoms with Gasteiger partial charge in [0.15, 0.2) is 5.82 Å². The fraction of sp³-hybridized carbons (Fsp3) is 0.267. The zero-order valence-electron chi connectivity index (χ0n) is 12.4. The van der Waals surface area contributed by atoms with E-state index in [1.54, 1.807) is 44.2 Å². The highest BCUT2D eigenvalue weighted by atomic mass is 35.5. The molecule has 0 radical (unpaired) electrons. The number of ether oxygens (including phenoxy) is 1. The normalized spacial score (nSPS) is 11.1. The lowest BCUT2D eigenvalue weighted by atomic mass is 10.1. The third-order valence-corrected chi connectivity index (χ3v) is 3.38. The van der Waals surface area contributed by atoms with Crippen LogP contribution in [0.3, 0.4) is 0 Å². The molecule has 1 heterocycles. The molecule has 0 fully saturated rings. The third-order valence-electron chi connectivity index (χ3n) is 2.93. The maximum Gasteiger partial charge on any atom is 0.330 e. The molecule has 1 aromatic carbocycles. The number of nitrogens with one attached hydrogen (secondary N) is 1. The second kappa shape index (κ2) is 6.50. The minimum Gasteiger partial charge on any atom is -0.467 e. The number of rotatable bonds is 4. The average Bonchev–Trinajstić information content (AvgIpc) is 2.45. The van der Waals surface area contributed by atoms with E-state index in [0.717, 1.165) is 5.56 Å². The number of anilines is 1. The topological polar surface area (TPSA) is 64.1 Å². The number of hydrogen-bond acceptors (Lipinski definition) is 5. The van der Waals surface area contributed by atoms with Crippen molar-refractivity contribution in [1.82, 2.24) is 9.97 Å². The minimum absolute atomic E-state index is 0.267. The molecule has 2 aromatic rings. The van der Waals surface area contributed by atoms with Crippen molar-refractivity contribution >= 4 is 35.0 Å². The smallest absolute Gasteiger partial charge is 0.330 e. The van der Waals surface area contributed by atoms with Crippen LogP contribution in [0.2, 0.25) is 10.2 Å². The number of methoxy groups -OCH3 is 1. The number of hydrogen-bond donors (Lipinski definition) is 1. The largest absolute Gasteiger partial charge is 0.467 e. The summed E-state index contributed by atoms with van der Waals surface area (Å²) in [4.78, 5) is 20.3. The third kappa shape index (κ3) is 3.87. The van der Waals surface area contributed by atoms with Gasteiger partial charge in [-0.05, 0) is 38.1 Å². The predicted molar refractivity (Wildman–Crippen MR) is 87.2 cm³/mol. The highest BCUT2D eigenvalue weighted by molar-refractivity contribution is 6.30. The van der Waals surface area contributed by atoms with Crippen LogP contribution in [0.15, 0.2) is 30.3 Å². The molecule has 0 saturated carbocycles. The number of carbonyl (C=O) groups is 1. The second-order valence-corrected chi connectivity index (χ2v) is 5.97. The van der Waals surface area contributed by atoms with Crippen LogP contribution in [0.25, 0.3) is 11.4 Å². The highest BCUT2D eigenvalue weighted by Gasteiger charge is 2.29. The summed E-state index contributed by atoms with van der Waals surface area (Å²) in [6, 6.07) is 8.62. The van der Waals surface area contributed by atoms with E-state index in [1.807, 2.05) is 0 Å². The van der Waals surface area contributed by atoms with Crippen LogP contribution < -0.4 is 5.32 Å². The Hall–Kier alpha value is -1.85. The van der Waals surface area contributed by atoms with Crippen LogP contribution in [0.1, 0.15) is 13.8 Å². The number of halogens is 2. The molecule has 22 heavy (non-hydrogen) atoms. The first-order valence-electron chi connectivity index (χ1n) is 6.49. The van der Waals surface area contributed by atoms with E-state index in [2.05, 4.69) is 15.3 Å². The first-order valence-corrected chi connectivity index (χ1v) is 7.24. The average molecular weight is 340 g/mol. The fourth-order valence-corrected chi connectivity index (χ4v) is 2.15. The van der Waals surface area contributed by atoms with Crippen molar-refractivity contribution in [2.45, 2.75) is 19.4 Å². The van der Waals surface area contributed by atoms with E-state index in [4.69, 9.17) is 27.9 Å². The molecule has 1 aromatic heterocycles. The molecule has 0 saturated heterocycles. The van der Waals surface area contributed by atoms with E-state index in [9.17, 15) is 4.79 Å². The fourth-order valence-electron chi connectivity index (χ4n) is 1.84. The molecule has 2 rings (SSSR count). The van der Waals surface area contributed by atoms with Crippen LogP contribution in [0.5, 0.6) is 0 Å². The first-order chi connectivity index (χ1) is 10.3. The van der Waals surface area contributed by atoms with Gasteiger partial charge in [0.2, 0.25) is 0 Å². The number of benzene rings is 1. The molecule has 0 unspecified atom stereocenters. The van der Waals surface area contributed by atoms with E-state index < -0.39 is 11.5 Å². The van der Waals surface area contributed by atoms with Gasteiger partial charge in [0.05, 0.1) is 7.11 Å². The summed E-state index contributed by atoms with van der Waals surface area (Å²) in [5.41, 5.74) is -0.171. The lowest BCUT2D eigenvalue weighted by molar-refractivity contribution is -0.144. The molecule has 7 heteroatoms. The molecule has 0 amide bonds. The number of aromatic nitrogens is 2. The van der Waals surface area contributed by atoms with Gasteiger partial charge in [0.25, 0.3) is 0 Å². The zero-order chi connectivity index (χ0) is 16.3. The maximum atomic E-state index is 11.7. The summed E-state index contributed by atoms with van der Waals surface area (Å²) in [5, 5.41) is 3.88. The van der Waals surface area contributed by atoms with Crippen LogP contribution >= 0.6 is 23.2 Å². The zero-order valence-corrected chi connectivity index (χ0v) is 13.9. The predicted octanol–water partition coefficient (Wildman–Crippen LogP) is 3.81. The Morgan fingerprint density at radius 3 is 2.41 bits per heavy atom. The Morgan fingerprint density at radius 1 is 1.18 bits per heavy atom. The SMILES string of the molecule is COC(=O)C(C)(C)Nc1cc(Cl)nc(-c2ccc(Cl)cc2)n1. The molecule has 1 N–H and O–H groups in total. The Kier molecular flexibility index (Phi) is 4.88. The number of esters is 1. The number of nitrogens with zero attached hydrogens (tertiary/aromatic N) is 2. The monoisotopic (exact) mass is 339 g/mol. The summed E-state index contributed by atoms with van der Waals surface area (Å²) < 4.78 is 4.75. The molecule has 0 aliphatic rings. The molecule has 0 aliphatic heterocycles. The second-order valence-electron chi connectivity index (χ2n) is 5.15. The molecular formula is C15H15Cl2N3O2. The van der Waals surface area contributed by atoms with Gasteiger partial charge in [-0.1, -0.05) is 23.2 Å². The van der Waals surface area contributed by atoms with Gasteiger partial charge >= 0.3 is 5.97 Å². The molecule has 0 spiro atoms. The number of carbonyl (C=O) groups excluding carboxylic acids is 1. The maximum absolute atomic E-state index is 11.7. The van der Waals surface area contributed by atoms with Crippen molar-refractivity contribution in [1.29, 1.82) is 0 Å². The van der Waals surface area contributed by atoms with Crippen molar-refractivity contribution in [2.75, 3.05) is 12.4 Å². The van der Waals surface area contributed by atoms with Crippen molar-refractivity contribution in [2.24, 2.45) is 0 Å². The van der Waals surface area contributed by atoms with E-state index in [-0.39, 0.29) is 5.15 Å². The molecule has 0 bridgehead atoms. The van der Waals surface area contributed by atoms with Crippen LogP contribution in [-0.2, 0) is 9.53 Å². The summed E-state index contributed by atoms with van der Waals surface area (Å²) >= 11 is 11.9. The van der Waals surface area contributed by atoms with Crippen molar-refractivity contribution in [3.8, 4) is 11.4 Å². The van der Waals surface area contributed by atoms with Crippen molar-refractivity contribution < 1.29 is 9.53 Å². The molecule has 116 valence electrons. The molecule has 0 aliphatic carbocycles. The summed E-state index contributed by atoms with van der Waals surface area (Å²) in [6.07, 6.45) is 0. The lowest BCUT2D eigenvalue weighted by Gasteiger charge is -2.23. The van der Waals surface area contributed by atoms with E-state index >= 15 is 0 Å².